The van der Waals surface area contributed by atoms with E-state index >= 15 is 0 Å². The van der Waals surface area contributed by atoms with Crippen molar-refractivity contribution in [3.8, 4) is 0 Å². The van der Waals surface area contributed by atoms with Gasteiger partial charge in [0, 0.05) is 11.1 Å². The summed E-state index contributed by atoms with van der Waals surface area (Å²) in [7, 11) is 0. The Morgan fingerprint density at radius 1 is 1.32 bits per heavy atom. The third kappa shape index (κ3) is 2.93. The van der Waals surface area contributed by atoms with E-state index in [4.69, 9.17) is 5.11 Å². The lowest BCUT2D eigenvalue weighted by molar-refractivity contribution is 0.0691. The van der Waals surface area contributed by atoms with E-state index in [9.17, 15) is 9.18 Å². The SMILES string of the molecule is Cc1ccc(C)c(Sc2nccc(C(=O)O)c2F)c1. The van der Waals surface area contributed by atoms with Gasteiger partial charge in [0.05, 0.1) is 5.56 Å². The lowest BCUT2D eigenvalue weighted by Crippen LogP contribution is -2.02. The molecule has 0 fully saturated rings. The maximum atomic E-state index is 14.0. The second-order valence-corrected chi connectivity index (χ2v) is 5.18. The van der Waals surface area contributed by atoms with Gasteiger partial charge in [0.1, 0.15) is 5.03 Å². The topological polar surface area (TPSA) is 50.2 Å². The molecule has 2 rings (SSSR count). The molecule has 5 heteroatoms. The van der Waals surface area contributed by atoms with Crippen LogP contribution in [0, 0.1) is 19.7 Å². The average Bonchev–Trinajstić information content (AvgIpc) is 2.36. The molecule has 0 bridgehead atoms. The number of hydrogen-bond donors (Lipinski definition) is 1. The van der Waals surface area contributed by atoms with E-state index < -0.39 is 11.8 Å². The van der Waals surface area contributed by atoms with Crippen LogP contribution in [-0.2, 0) is 0 Å². The summed E-state index contributed by atoms with van der Waals surface area (Å²) in [6.45, 7) is 3.86. The van der Waals surface area contributed by atoms with Crippen LogP contribution in [0.3, 0.4) is 0 Å². The maximum Gasteiger partial charge on any atom is 0.338 e. The highest BCUT2D eigenvalue weighted by molar-refractivity contribution is 7.99. The fourth-order valence-corrected chi connectivity index (χ4v) is 2.58. The fraction of sp³-hybridized carbons (Fsp3) is 0.143. The highest BCUT2D eigenvalue weighted by Gasteiger charge is 2.16. The van der Waals surface area contributed by atoms with Crippen LogP contribution in [0.2, 0.25) is 0 Å². The number of benzene rings is 1. The molecule has 1 N–H and O–H groups in total. The fourth-order valence-electron chi connectivity index (χ4n) is 1.58. The van der Waals surface area contributed by atoms with Crippen LogP contribution in [0.25, 0.3) is 0 Å². The van der Waals surface area contributed by atoms with Gasteiger partial charge in [-0.15, -0.1) is 0 Å². The Balaban J connectivity index is 2.41. The second-order valence-electron chi connectivity index (χ2n) is 4.15. The van der Waals surface area contributed by atoms with Gasteiger partial charge in [-0.05, 0) is 37.1 Å². The van der Waals surface area contributed by atoms with Gasteiger partial charge < -0.3 is 5.11 Å². The zero-order valence-corrected chi connectivity index (χ0v) is 11.3. The smallest absolute Gasteiger partial charge is 0.338 e. The summed E-state index contributed by atoms with van der Waals surface area (Å²) in [4.78, 5) is 15.7. The highest BCUT2D eigenvalue weighted by Crippen LogP contribution is 2.32. The minimum Gasteiger partial charge on any atom is -0.478 e. The highest BCUT2D eigenvalue weighted by atomic mass is 32.2. The predicted octanol–water partition coefficient (Wildman–Crippen LogP) is 3.69. The summed E-state index contributed by atoms with van der Waals surface area (Å²) in [6, 6.07) is 6.99. The van der Waals surface area contributed by atoms with Crippen LogP contribution in [0.5, 0.6) is 0 Å². The van der Waals surface area contributed by atoms with Crippen LogP contribution >= 0.6 is 11.8 Å². The monoisotopic (exact) mass is 277 g/mol. The third-order valence-corrected chi connectivity index (χ3v) is 3.78. The normalized spacial score (nSPS) is 10.5. The van der Waals surface area contributed by atoms with E-state index in [0.717, 1.165) is 33.9 Å². The van der Waals surface area contributed by atoms with E-state index in [1.165, 1.54) is 6.20 Å². The van der Waals surface area contributed by atoms with Crippen molar-refractivity contribution < 1.29 is 14.3 Å². The molecule has 0 saturated carbocycles. The molecule has 0 radical (unpaired) electrons. The molecule has 2 aromatic rings. The molecule has 1 heterocycles. The molecule has 3 nitrogen and oxygen atoms in total. The Morgan fingerprint density at radius 3 is 2.74 bits per heavy atom. The number of aromatic carboxylic acids is 1. The predicted molar refractivity (Wildman–Crippen MR) is 71.2 cm³/mol. The quantitative estimate of drug-likeness (QED) is 0.929. The first-order valence-corrected chi connectivity index (χ1v) is 6.43. The van der Waals surface area contributed by atoms with Gasteiger partial charge in [0.25, 0.3) is 0 Å². The minimum absolute atomic E-state index is 0.0774. The number of pyridine rings is 1. The van der Waals surface area contributed by atoms with Crippen molar-refractivity contribution in [1.29, 1.82) is 0 Å². The van der Waals surface area contributed by atoms with E-state index in [1.807, 2.05) is 32.0 Å². The summed E-state index contributed by atoms with van der Waals surface area (Å²) in [5.74, 6) is -2.08. The molecule has 0 aliphatic heterocycles. The lowest BCUT2D eigenvalue weighted by Gasteiger charge is -2.07. The number of hydrogen-bond acceptors (Lipinski definition) is 3. The van der Waals surface area contributed by atoms with Crippen LogP contribution in [0.4, 0.5) is 4.39 Å². The van der Waals surface area contributed by atoms with Crippen LogP contribution in [-0.4, -0.2) is 16.1 Å². The van der Waals surface area contributed by atoms with Crippen molar-refractivity contribution in [2.24, 2.45) is 0 Å². The summed E-state index contributed by atoms with van der Waals surface area (Å²) in [5, 5.41) is 8.96. The molecule has 0 amide bonds. The number of aromatic nitrogens is 1. The standard InChI is InChI=1S/C14H12FNO2S/c1-8-3-4-9(2)11(7-8)19-13-12(15)10(14(17)18)5-6-16-13/h3-7H,1-2H3,(H,17,18). The van der Waals surface area contributed by atoms with Crippen LogP contribution in [0.15, 0.2) is 40.4 Å². The van der Waals surface area contributed by atoms with Crippen molar-refractivity contribution in [3.05, 3.63) is 53.0 Å². The largest absolute Gasteiger partial charge is 0.478 e. The Labute approximate surface area is 114 Å². The summed E-state index contributed by atoms with van der Waals surface area (Å²) < 4.78 is 14.0. The number of aryl methyl sites for hydroxylation is 2. The Morgan fingerprint density at radius 2 is 2.05 bits per heavy atom. The average molecular weight is 277 g/mol. The molecule has 0 saturated heterocycles. The molecule has 19 heavy (non-hydrogen) atoms. The minimum atomic E-state index is -1.29. The number of carboxylic acid groups (broad SMARTS) is 1. The molecule has 0 aliphatic carbocycles. The van der Waals surface area contributed by atoms with Gasteiger partial charge in [-0.2, -0.15) is 0 Å². The van der Waals surface area contributed by atoms with Gasteiger partial charge in [0.2, 0.25) is 0 Å². The molecule has 0 spiro atoms. The third-order valence-electron chi connectivity index (χ3n) is 2.64. The van der Waals surface area contributed by atoms with E-state index in [0.29, 0.717) is 0 Å². The van der Waals surface area contributed by atoms with Crippen molar-refractivity contribution in [1.82, 2.24) is 4.98 Å². The van der Waals surface area contributed by atoms with E-state index in [2.05, 4.69) is 4.98 Å². The Hall–Kier alpha value is -1.88. The molecule has 0 unspecified atom stereocenters. The number of nitrogens with zero attached hydrogens (tertiary/aromatic N) is 1. The first kappa shape index (κ1) is 13.5. The van der Waals surface area contributed by atoms with Crippen molar-refractivity contribution in [3.63, 3.8) is 0 Å². The van der Waals surface area contributed by atoms with Crippen LogP contribution in [0.1, 0.15) is 21.5 Å². The van der Waals surface area contributed by atoms with E-state index in [1.54, 1.807) is 0 Å². The molecule has 0 aliphatic rings. The Kier molecular flexibility index (Phi) is 3.85. The zero-order chi connectivity index (χ0) is 14.0. The molecular formula is C14H12FNO2S. The summed E-state index contributed by atoms with van der Waals surface area (Å²) >= 11 is 1.14. The van der Waals surface area contributed by atoms with Gasteiger partial charge in [0.15, 0.2) is 5.82 Å². The number of carbonyl (C=O) groups is 1. The van der Waals surface area contributed by atoms with Gasteiger partial charge in [-0.3, -0.25) is 0 Å². The van der Waals surface area contributed by atoms with Crippen molar-refractivity contribution in [2.45, 2.75) is 23.8 Å². The second kappa shape index (κ2) is 5.40. The first-order valence-electron chi connectivity index (χ1n) is 5.62. The molecule has 98 valence electrons. The molecule has 1 aromatic carbocycles. The molecular weight excluding hydrogens is 265 g/mol. The lowest BCUT2D eigenvalue weighted by atomic mass is 10.2. The van der Waals surface area contributed by atoms with E-state index in [-0.39, 0.29) is 10.6 Å². The van der Waals surface area contributed by atoms with Crippen molar-refractivity contribution in [2.75, 3.05) is 0 Å². The van der Waals surface area contributed by atoms with Gasteiger partial charge in [-0.1, -0.05) is 23.9 Å². The van der Waals surface area contributed by atoms with Gasteiger partial charge >= 0.3 is 5.97 Å². The number of halogens is 1. The van der Waals surface area contributed by atoms with Crippen molar-refractivity contribution >= 4 is 17.7 Å². The number of carboxylic acids is 1. The molecule has 1 aromatic heterocycles. The maximum absolute atomic E-state index is 14.0. The Bertz CT molecular complexity index is 643. The zero-order valence-electron chi connectivity index (χ0n) is 10.5. The van der Waals surface area contributed by atoms with Crippen LogP contribution < -0.4 is 0 Å². The first-order chi connectivity index (χ1) is 8.99. The molecule has 0 atom stereocenters. The van der Waals surface area contributed by atoms with Gasteiger partial charge in [-0.25, -0.2) is 14.2 Å². The summed E-state index contributed by atoms with van der Waals surface area (Å²) in [6.07, 6.45) is 1.31. The number of rotatable bonds is 3. The summed E-state index contributed by atoms with van der Waals surface area (Å²) in [5.41, 5.74) is 1.70.